The van der Waals surface area contributed by atoms with Gasteiger partial charge in [0.15, 0.2) is 0 Å². The third kappa shape index (κ3) is 3.44. The average Bonchev–Trinajstić information content (AvgIpc) is 3.48. The summed E-state index contributed by atoms with van der Waals surface area (Å²) in [5, 5.41) is 24.2. The van der Waals surface area contributed by atoms with Crippen LogP contribution in [0.3, 0.4) is 0 Å². The van der Waals surface area contributed by atoms with Crippen molar-refractivity contribution in [2.45, 2.75) is 83.8 Å². The van der Waals surface area contributed by atoms with Gasteiger partial charge in [0.25, 0.3) is 0 Å². The zero-order chi connectivity index (χ0) is 21.2. The molecule has 3 aromatic rings. The van der Waals surface area contributed by atoms with E-state index in [-0.39, 0.29) is 3.72 Å². The van der Waals surface area contributed by atoms with Gasteiger partial charge >= 0.3 is 186 Å². The summed E-state index contributed by atoms with van der Waals surface area (Å²) in [6.07, 6.45) is 5.42. The van der Waals surface area contributed by atoms with Gasteiger partial charge in [-0.25, -0.2) is 0 Å². The molecule has 6 nitrogen and oxygen atoms in total. The number of aromatic amines is 3. The predicted octanol–water partition coefficient (Wildman–Crippen LogP) is 4.07. The molecular formula is C22H33N6Ti. The van der Waals surface area contributed by atoms with Gasteiger partial charge < -0.3 is 0 Å². The molecule has 0 aliphatic rings. The third-order valence-corrected chi connectivity index (χ3v) is 7.11. The summed E-state index contributed by atoms with van der Waals surface area (Å²) < 4.78 is -0.364. The number of aromatic nitrogens is 6. The van der Waals surface area contributed by atoms with Gasteiger partial charge in [-0.1, -0.05) is 0 Å². The van der Waals surface area contributed by atoms with Crippen molar-refractivity contribution < 1.29 is 20.4 Å². The summed E-state index contributed by atoms with van der Waals surface area (Å²) in [4.78, 5) is 0. The fraction of sp³-hybridized carbons (Fsp3) is 0.591. The second-order valence-corrected chi connectivity index (χ2v) is 8.61. The minimum absolute atomic E-state index is 0.364. The summed E-state index contributed by atoms with van der Waals surface area (Å²) in [5.41, 5.74) is 11.0. The molecule has 29 heavy (non-hydrogen) atoms. The fourth-order valence-electron chi connectivity index (χ4n) is 4.50. The van der Waals surface area contributed by atoms with E-state index in [1.807, 2.05) is 0 Å². The molecule has 0 amide bonds. The van der Waals surface area contributed by atoms with Crippen molar-refractivity contribution in [1.29, 1.82) is 0 Å². The molecule has 0 aromatic carbocycles. The summed E-state index contributed by atoms with van der Waals surface area (Å²) in [6.45, 7) is 13.2. The number of rotatable bonds is 9. The Kier molecular flexibility index (Phi) is 6.85. The Labute approximate surface area is 185 Å². The Morgan fingerprint density at radius 1 is 0.552 bits per heavy atom. The molecule has 155 valence electrons. The van der Waals surface area contributed by atoms with Crippen molar-refractivity contribution >= 4 is 0 Å². The van der Waals surface area contributed by atoms with Gasteiger partial charge in [0, 0.05) is 0 Å². The summed E-state index contributed by atoms with van der Waals surface area (Å²) in [6, 6.07) is 0. The van der Waals surface area contributed by atoms with Crippen LogP contribution < -0.4 is 0 Å². The maximum absolute atomic E-state index is 4.73. The van der Waals surface area contributed by atoms with Crippen LogP contribution >= 0.6 is 0 Å². The van der Waals surface area contributed by atoms with Crippen LogP contribution in [0.2, 0.25) is 0 Å². The van der Waals surface area contributed by atoms with E-state index < -0.39 is 0 Å². The van der Waals surface area contributed by atoms with Crippen LogP contribution in [0.4, 0.5) is 0 Å². The minimum atomic E-state index is -0.364. The van der Waals surface area contributed by atoms with E-state index in [9.17, 15) is 0 Å². The van der Waals surface area contributed by atoms with E-state index in [0.717, 1.165) is 55.6 Å². The number of H-pyrrole nitrogens is 3. The number of nitrogens with one attached hydrogen (secondary N) is 3. The van der Waals surface area contributed by atoms with E-state index in [0.29, 0.717) is 0 Å². The van der Waals surface area contributed by atoms with Gasteiger partial charge in [0.1, 0.15) is 0 Å². The van der Waals surface area contributed by atoms with Crippen molar-refractivity contribution in [1.82, 2.24) is 30.6 Å². The molecule has 0 radical (unpaired) electrons. The van der Waals surface area contributed by atoms with Gasteiger partial charge in [-0.2, -0.15) is 0 Å². The van der Waals surface area contributed by atoms with Crippen LogP contribution in [0.15, 0.2) is 0 Å². The Bertz CT molecular complexity index is 778. The molecular weight excluding hydrogens is 396 g/mol. The number of nitrogens with zero attached hydrogens (tertiary/aromatic N) is 3. The first-order valence-electron chi connectivity index (χ1n) is 11.0. The number of hydrogen-bond acceptors (Lipinski definition) is 3. The molecule has 0 saturated heterocycles. The van der Waals surface area contributed by atoms with Crippen molar-refractivity contribution in [2.75, 3.05) is 0 Å². The fourth-order valence-corrected chi connectivity index (χ4v) is 5.88. The Morgan fingerprint density at radius 2 is 0.828 bits per heavy atom. The summed E-state index contributed by atoms with van der Waals surface area (Å²) >= 11 is 2.36. The molecule has 3 aromatic heterocycles. The van der Waals surface area contributed by atoms with E-state index >= 15 is 0 Å². The molecule has 0 bridgehead atoms. The molecule has 3 rings (SSSR count). The quantitative estimate of drug-likeness (QED) is 0.448. The first-order valence-corrected chi connectivity index (χ1v) is 11.7. The van der Waals surface area contributed by atoms with Crippen molar-refractivity contribution in [2.24, 2.45) is 0 Å². The van der Waals surface area contributed by atoms with Crippen LogP contribution in [0.25, 0.3) is 0 Å². The van der Waals surface area contributed by atoms with E-state index in [1.165, 1.54) is 33.8 Å². The number of hydrogen-bond donors (Lipinski definition) is 3. The van der Waals surface area contributed by atoms with Gasteiger partial charge in [0.05, 0.1) is 0 Å². The van der Waals surface area contributed by atoms with Gasteiger partial charge in [-0.3, -0.25) is 0 Å². The zero-order valence-electron chi connectivity index (χ0n) is 18.6. The molecule has 0 aliphatic heterocycles. The van der Waals surface area contributed by atoms with Crippen LogP contribution in [-0.4, -0.2) is 30.6 Å². The van der Waals surface area contributed by atoms with Crippen molar-refractivity contribution in [3.63, 3.8) is 0 Å². The third-order valence-electron chi connectivity index (χ3n) is 5.94. The molecule has 0 aliphatic carbocycles. The molecule has 0 saturated carbocycles. The Morgan fingerprint density at radius 3 is 1.03 bits per heavy atom. The zero-order valence-corrected chi connectivity index (χ0v) is 20.1. The second-order valence-electron chi connectivity index (χ2n) is 7.44. The van der Waals surface area contributed by atoms with Crippen LogP contribution in [0.1, 0.15) is 92.4 Å². The first-order chi connectivity index (χ1) is 14.0. The summed E-state index contributed by atoms with van der Waals surface area (Å²) in [7, 11) is 0. The van der Waals surface area contributed by atoms with Gasteiger partial charge in [-0.05, 0) is 0 Å². The molecule has 0 fully saturated rings. The van der Waals surface area contributed by atoms with Crippen molar-refractivity contribution in [3.05, 3.63) is 50.9 Å². The standard InChI is InChI=1S/C22H33N6.Ti/c1-7-13-19(14(8-2)24-23-13)22(20-15(9-3)25-26-16(20)10-4)21-17(11-5)27-28-18(21)12-6;/h7-12H2,1-6H3,(H,23,24)(H,25,26)(H,27,28);. The van der Waals surface area contributed by atoms with E-state index in [1.54, 1.807) is 0 Å². The number of aryl methyl sites for hydroxylation is 6. The molecule has 3 N–H and O–H groups in total. The van der Waals surface area contributed by atoms with E-state index in [4.69, 9.17) is 15.3 Å². The van der Waals surface area contributed by atoms with E-state index in [2.05, 4.69) is 77.3 Å². The predicted molar refractivity (Wildman–Crippen MR) is 112 cm³/mol. The first kappa shape index (κ1) is 22.0. The summed E-state index contributed by atoms with van der Waals surface area (Å²) in [5.74, 6) is 0. The van der Waals surface area contributed by atoms with Gasteiger partial charge in [0.2, 0.25) is 0 Å². The second kappa shape index (κ2) is 9.01. The normalized spacial score (nSPS) is 12.0. The molecule has 7 heteroatoms. The van der Waals surface area contributed by atoms with Crippen LogP contribution in [0, 0.1) is 0 Å². The van der Waals surface area contributed by atoms with Crippen LogP contribution in [-0.2, 0) is 62.7 Å². The molecule has 0 unspecified atom stereocenters. The molecule has 3 heterocycles. The average molecular weight is 429 g/mol. The maximum atomic E-state index is 4.73. The van der Waals surface area contributed by atoms with Crippen molar-refractivity contribution in [3.8, 4) is 0 Å². The molecule has 0 atom stereocenters. The Balaban J connectivity index is 2.50. The SMILES string of the molecule is CCc1n[nH]c(CC)c1[C]([Ti])(c1c(CC)n[nH]c1CC)c1c(CC)n[nH]c1CC. The van der Waals surface area contributed by atoms with Gasteiger partial charge in [-0.15, -0.1) is 0 Å². The topological polar surface area (TPSA) is 86.0 Å². The Hall–Kier alpha value is -1.66. The molecule has 0 spiro atoms. The monoisotopic (exact) mass is 429 g/mol. The van der Waals surface area contributed by atoms with Crippen LogP contribution in [0.5, 0.6) is 0 Å².